The highest BCUT2D eigenvalue weighted by Gasteiger charge is 2.30. The first-order chi connectivity index (χ1) is 17.0. The van der Waals surface area contributed by atoms with Crippen LogP contribution >= 0.6 is 0 Å². The van der Waals surface area contributed by atoms with E-state index in [0.29, 0.717) is 24.4 Å². The van der Waals surface area contributed by atoms with Crippen LogP contribution in [0.15, 0.2) is 94.3 Å². The highest BCUT2D eigenvalue weighted by Crippen LogP contribution is 2.32. The summed E-state index contributed by atoms with van der Waals surface area (Å²) >= 11 is 0. The van der Waals surface area contributed by atoms with Crippen LogP contribution in [0.25, 0.3) is 17.5 Å². The molecule has 1 aliphatic rings. The Morgan fingerprint density at radius 3 is 2.51 bits per heavy atom. The third-order valence-electron chi connectivity index (χ3n) is 5.55. The highest BCUT2D eigenvalue weighted by molar-refractivity contribution is 7.92. The molecule has 9 heteroatoms. The maximum absolute atomic E-state index is 13.1. The minimum absolute atomic E-state index is 0.155. The van der Waals surface area contributed by atoms with E-state index >= 15 is 0 Å². The molecular weight excluding hydrogens is 466 g/mol. The summed E-state index contributed by atoms with van der Waals surface area (Å²) in [4.78, 5) is 12.3. The summed E-state index contributed by atoms with van der Waals surface area (Å²) in [6.07, 6.45) is 3.50. The fraction of sp³-hybridized carbons (Fsp3) is 0.115. The summed E-state index contributed by atoms with van der Waals surface area (Å²) in [5, 5.41) is 7.83. The van der Waals surface area contributed by atoms with Crippen molar-refractivity contribution in [2.45, 2.75) is 17.9 Å². The number of esters is 1. The first-order valence-electron chi connectivity index (χ1n) is 10.9. The van der Waals surface area contributed by atoms with Crippen molar-refractivity contribution >= 4 is 27.8 Å². The van der Waals surface area contributed by atoms with Crippen LogP contribution in [0.4, 0.5) is 5.69 Å². The second-order valence-corrected chi connectivity index (χ2v) is 9.70. The van der Waals surface area contributed by atoms with E-state index in [4.69, 9.17) is 9.15 Å². The maximum atomic E-state index is 13.1. The molecule has 3 aromatic carbocycles. The molecule has 0 atom stereocenters. The second-order valence-electron chi connectivity index (χ2n) is 7.83. The predicted molar refractivity (Wildman–Crippen MR) is 130 cm³/mol. The number of sulfonamides is 1. The summed E-state index contributed by atoms with van der Waals surface area (Å²) < 4.78 is 38.3. The smallest absolute Gasteiger partial charge is 0.331 e. The van der Waals surface area contributed by atoms with Crippen molar-refractivity contribution in [3.63, 3.8) is 0 Å². The van der Waals surface area contributed by atoms with Gasteiger partial charge in [-0.05, 0) is 54.0 Å². The number of rotatable bonds is 7. The Bertz CT molecular complexity index is 1480. The average Bonchev–Trinajstić information content (AvgIpc) is 3.55. The number of ether oxygens (including phenoxy) is 1. The minimum Gasteiger partial charge on any atom is -0.452 e. The van der Waals surface area contributed by atoms with Crippen LogP contribution in [0.5, 0.6) is 0 Å². The van der Waals surface area contributed by atoms with E-state index in [9.17, 15) is 13.2 Å². The molecule has 1 aliphatic heterocycles. The minimum atomic E-state index is -3.66. The van der Waals surface area contributed by atoms with Crippen LogP contribution in [0, 0.1) is 0 Å². The molecular formula is C26H21N3O5S. The fourth-order valence-corrected chi connectivity index (χ4v) is 5.29. The van der Waals surface area contributed by atoms with Crippen molar-refractivity contribution in [1.82, 2.24) is 10.2 Å². The molecule has 2 heterocycles. The van der Waals surface area contributed by atoms with Crippen molar-refractivity contribution in [1.29, 1.82) is 0 Å². The van der Waals surface area contributed by atoms with Gasteiger partial charge in [0.1, 0.15) is 0 Å². The molecule has 0 saturated carbocycles. The zero-order valence-corrected chi connectivity index (χ0v) is 19.4. The molecule has 8 nitrogen and oxygen atoms in total. The van der Waals surface area contributed by atoms with Crippen LogP contribution in [0.3, 0.4) is 0 Å². The monoisotopic (exact) mass is 487 g/mol. The fourth-order valence-electron chi connectivity index (χ4n) is 3.79. The molecule has 35 heavy (non-hydrogen) atoms. The van der Waals surface area contributed by atoms with Gasteiger partial charge in [0.2, 0.25) is 5.89 Å². The van der Waals surface area contributed by atoms with Gasteiger partial charge in [-0.25, -0.2) is 13.2 Å². The number of benzene rings is 3. The Morgan fingerprint density at radius 2 is 1.71 bits per heavy atom. The molecule has 176 valence electrons. The number of nitrogens with zero attached hydrogens (tertiary/aromatic N) is 3. The second kappa shape index (κ2) is 9.55. The summed E-state index contributed by atoms with van der Waals surface area (Å²) in [5.74, 6) is -0.0573. The Labute approximate surface area is 202 Å². The lowest BCUT2D eigenvalue weighted by Crippen LogP contribution is -2.29. The molecule has 0 N–H and O–H groups in total. The Balaban J connectivity index is 1.19. The van der Waals surface area contributed by atoms with Crippen LogP contribution in [0.2, 0.25) is 0 Å². The van der Waals surface area contributed by atoms with Crippen LogP contribution in [-0.2, 0) is 32.6 Å². The number of aromatic nitrogens is 2. The quantitative estimate of drug-likeness (QED) is 0.284. The SMILES string of the molecule is O=C(C=Cc1ccc(S(=O)(=O)N2CCc3ccccc32)cc1)OCc1nnc(-c2ccccc2)o1. The standard InChI is InChI=1S/C26H21N3O5S/c30-25(33-18-24-27-28-26(34-24)21-7-2-1-3-8-21)15-12-19-10-13-22(14-11-19)35(31,32)29-17-16-20-6-4-5-9-23(20)29/h1-15H,16-18H2. The summed E-state index contributed by atoms with van der Waals surface area (Å²) in [6.45, 7) is 0.263. The molecule has 0 unspecified atom stereocenters. The number of hydrogen-bond acceptors (Lipinski definition) is 7. The van der Waals surface area contributed by atoms with Gasteiger partial charge in [0.05, 0.1) is 10.6 Å². The van der Waals surface area contributed by atoms with Crippen molar-refractivity contribution in [2.75, 3.05) is 10.8 Å². The van der Waals surface area contributed by atoms with Gasteiger partial charge in [-0.2, -0.15) is 0 Å². The van der Waals surface area contributed by atoms with Gasteiger partial charge in [-0.1, -0.05) is 48.5 Å². The third-order valence-corrected chi connectivity index (χ3v) is 7.38. The van der Waals surface area contributed by atoms with Crippen LogP contribution in [-0.4, -0.2) is 31.1 Å². The van der Waals surface area contributed by atoms with Gasteiger partial charge in [0.25, 0.3) is 15.9 Å². The number of fused-ring (bicyclic) bond motifs is 1. The van der Waals surface area contributed by atoms with E-state index < -0.39 is 16.0 Å². The molecule has 0 saturated heterocycles. The molecule has 5 rings (SSSR count). The molecule has 0 fully saturated rings. The molecule has 0 amide bonds. The first kappa shape index (κ1) is 22.5. The normalized spacial score (nSPS) is 13.2. The van der Waals surface area contributed by atoms with Gasteiger partial charge in [-0.15, -0.1) is 10.2 Å². The number of carbonyl (C=O) groups excluding carboxylic acids is 1. The van der Waals surface area contributed by atoms with Gasteiger partial charge in [-0.3, -0.25) is 4.31 Å². The number of hydrogen-bond donors (Lipinski definition) is 0. The van der Waals surface area contributed by atoms with E-state index in [2.05, 4.69) is 10.2 Å². The molecule has 0 aliphatic carbocycles. The molecule has 4 aromatic rings. The topological polar surface area (TPSA) is 103 Å². The third kappa shape index (κ3) is 4.85. The van der Waals surface area contributed by atoms with Gasteiger partial charge >= 0.3 is 5.97 Å². The molecule has 1 aromatic heterocycles. The van der Waals surface area contributed by atoms with E-state index in [0.717, 1.165) is 16.8 Å². The van der Waals surface area contributed by atoms with E-state index in [1.807, 2.05) is 54.6 Å². The number of carbonyl (C=O) groups is 1. The first-order valence-corrected chi connectivity index (χ1v) is 12.4. The van der Waals surface area contributed by atoms with Gasteiger partial charge in [0, 0.05) is 18.2 Å². The Morgan fingerprint density at radius 1 is 0.971 bits per heavy atom. The van der Waals surface area contributed by atoms with Crippen molar-refractivity contribution in [3.8, 4) is 11.5 Å². The highest BCUT2D eigenvalue weighted by atomic mass is 32.2. The Kier molecular flexibility index (Phi) is 6.15. The Hall–Kier alpha value is -4.24. The summed E-state index contributed by atoms with van der Waals surface area (Å²) in [7, 11) is -3.66. The largest absolute Gasteiger partial charge is 0.452 e. The maximum Gasteiger partial charge on any atom is 0.331 e. The zero-order valence-electron chi connectivity index (χ0n) is 18.6. The lowest BCUT2D eigenvalue weighted by molar-refractivity contribution is -0.139. The van der Waals surface area contributed by atoms with E-state index in [-0.39, 0.29) is 17.4 Å². The van der Waals surface area contributed by atoms with Crippen LogP contribution < -0.4 is 4.31 Å². The lowest BCUT2D eigenvalue weighted by Gasteiger charge is -2.19. The summed E-state index contributed by atoms with van der Waals surface area (Å²) in [6, 6.07) is 23.1. The van der Waals surface area contributed by atoms with E-state index in [1.165, 1.54) is 22.5 Å². The number of anilines is 1. The van der Waals surface area contributed by atoms with Crippen molar-refractivity contribution in [3.05, 3.63) is 102 Å². The van der Waals surface area contributed by atoms with Crippen molar-refractivity contribution < 1.29 is 22.4 Å². The predicted octanol–water partition coefficient (Wildman–Crippen LogP) is 4.24. The van der Waals surface area contributed by atoms with Crippen molar-refractivity contribution in [2.24, 2.45) is 0 Å². The summed E-state index contributed by atoms with van der Waals surface area (Å²) in [5.41, 5.74) is 3.17. The van der Waals surface area contributed by atoms with Gasteiger partial charge in [0.15, 0.2) is 6.61 Å². The van der Waals surface area contributed by atoms with Gasteiger partial charge < -0.3 is 9.15 Å². The lowest BCUT2D eigenvalue weighted by atomic mass is 10.2. The van der Waals surface area contributed by atoms with E-state index in [1.54, 1.807) is 18.2 Å². The molecule has 0 spiro atoms. The molecule has 0 radical (unpaired) electrons. The zero-order chi connectivity index (χ0) is 24.3. The number of para-hydroxylation sites is 1. The van der Waals surface area contributed by atoms with Crippen LogP contribution in [0.1, 0.15) is 17.0 Å². The molecule has 0 bridgehead atoms. The average molecular weight is 488 g/mol.